The van der Waals surface area contributed by atoms with Crippen molar-refractivity contribution in [1.29, 1.82) is 0 Å². The maximum atomic E-state index is 11.7. The highest BCUT2D eigenvalue weighted by Gasteiger charge is 2.12. The predicted octanol–water partition coefficient (Wildman–Crippen LogP) is 2.58. The van der Waals surface area contributed by atoms with Gasteiger partial charge in [0.25, 0.3) is 0 Å². The molecule has 0 aliphatic heterocycles. The molecule has 0 spiro atoms. The van der Waals surface area contributed by atoms with Crippen molar-refractivity contribution in [2.24, 2.45) is 7.05 Å². The standard InChI is InChI=1S/C14H16N2O/c1-12(17)16(14-8-9-15(2)11-14)10-13-6-4-3-5-7-13/h3-9,11H,10H2,1-2H3. The van der Waals surface area contributed by atoms with Crippen LogP contribution in [0.25, 0.3) is 0 Å². The maximum Gasteiger partial charge on any atom is 0.224 e. The van der Waals surface area contributed by atoms with Gasteiger partial charge in [0.15, 0.2) is 0 Å². The molecule has 88 valence electrons. The summed E-state index contributed by atoms with van der Waals surface area (Å²) in [6, 6.07) is 11.9. The van der Waals surface area contributed by atoms with Crippen molar-refractivity contribution < 1.29 is 4.79 Å². The molecular formula is C14H16N2O. The lowest BCUT2D eigenvalue weighted by molar-refractivity contribution is -0.116. The molecule has 0 aliphatic rings. The van der Waals surface area contributed by atoms with Gasteiger partial charge in [-0.05, 0) is 11.6 Å². The summed E-state index contributed by atoms with van der Waals surface area (Å²) in [5, 5.41) is 0. The summed E-state index contributed by atoms with van der Waals surface area (Å²) in [6.45, 7) is 2.20. The normalized spacial score (nSPS) is 10.2. The Morgan fingerprint density at radius 1 is 1.24 bits per heavy atom. The van der Waals surface area contributed by atoms with Gasteiger partial charge in [-0.25, -0.2) is 0 Å². The number of benzene rings is 1. The molecule has 1 amide bonds. The molecule has 3 nitrogen and oxygen atoms in total. The third kappa shape index (κ3) is 2.75. The van der Waals surface area contributed by atoms with Gasteiger partial charge in [0.2, 0.25) is 5.91 Å². The van der Waals surface area contributed by atoms with Crippen LogP contribution < -0.4 is 4.90 Å². The number of aryl methyl sites for hydroxylation is 1. The van der Waals surface area contributed by atoms with Gasteiger partial charge in [-0.2, -0.15) is 0 Å². The van der Waals surface area contributed by atoms with Gasteiger partial charge in [0, 0.05) is 26.4 Å². The van der Waals surface area contributed by atoms with E-state index in [1.54, 1.807) is 11.8 Å². The summed E-state index contributed by atoms with van der Waals surface area (Å²) in [7, 11) is 1.95. The van der Waals surface area contributed by atoms with Crippen LogP contribution in [0.4, 0.5) is 5.69 Å². The van der Waals surface area contributed by atoms with Crippen LogP contribution in [0.2, 0.25) is 0 Å². The Labute approximate surface area is 101 Å². The highest BCUT2D eigenvalue weighted by Crippen LogP contribution is 2.17. The Kier molecular flexibility index (Phi) is 3.28. The maximum absolute atomic E-state index is 11.7. The Morgan fingerprint density at radius 3 is 2.47 bits per heavy atom. The Balaban J connectivity index is 2.22. The third-order valence-corrected chi connectivity index (χ3v) is 2.69. The first-order valence-electron chi connectivity index (χ1n) is 5.61. The number of carbonyl (C=O) groups excluding carboxylic acids is 1. The number of carbonyl (C=O) groups is 1. The average Bonchev–Trinajstić information content (AvgIpc) is 2.73. The van der Waals surface area contributed by atoms with Crippen molar-refractivity contribution in [3.63, 3.8) is 0 Å². The van der Waals surface area contributed by atoms with Crippen LogP contribution >= 0.6 is 0 Å². The van der Waals surface area contributed by atoms with Gasteiger partial charge < -0.3 is 9.47 Å². The van der Waals surface area contributed by atoms with Crippen LogP contribution in [-0.4, -0.2) is 10.5 Å². The average molecular weight is 228 g/mol. The fraction of sp³-hybridized carbons (Fsp3) is 0.214. The quantitative estimate of drug-likeness (QED) is 0.792. The Bertz CT molecular complexity index is 502. The topological polar surface area (TPSA) is 25.2 Å². The van der Waals surface area contributed by atoms with Gasteiger partial charge in [0.1, 0.15) is 0 Å². The molecule has 0 unspecified atom stereocenters. The van der Waals surface area contributed by atoms with E-state index in [2.05, 4.69) is 0 Å². The number of hydrogen-bond donors (Lipinski definition) is 0. The van der Waals surface area contributed by atoms with E-state index < -0.39 is 0 Å². The summed E-state index contributed by atoms with van der Waals surface area (Å²) in [5.41, 5.74) is 2.07. The SMILES string of the molecule is CC(=O)N(Cc1ccccc1)c1ccn(C)c1. The molecule has 1 heterocycles. The van der Waals surface area contributed by atoms with E-state index in [1.807, 2.05) is 60.4 Å². The predicted molar refractivity (Wildman–Crippen MR) is 68.7 cm³/mol. The van der Waals surface area contributed by atoms with E-state index in [0.717, 1.165) is 11.3 Å². The summed E-state index contributed by atoms with van der Waals surface area (Å²) in [6.07, 6.45) is 3.89. The number of aromatic nitrogens is 1. The zero-order valence-corrected chi connectivity index (χ0v) is 10.1. The fourth-order valence-electron chi connectivity index (χ4n) is 1.80. The van der Waals surface area contributed by atoms with Gasteiger partial charge >= 0.3 is 0 Å². The molecule has 0 fully saturated rings. The van der Waals surface area contributed by atoms with E-state index >= 15 is 0 Å². The van der Waals surface area contributed by atoms with E-state index in [1.165, 1.54) is 0 Å². The number of hydrogen-bond acceptors (Lipinski definition) is 1. The van der Waals surface area contributed by atoms with Gasteiger partial charge in [-0.15, -0.1) is 0 Å². The van der Waals surface area contributed by atoms with Crippen LogP contribution in [0.3, 0.4) is 0 Å². The van der Waals surface area contributed by atoms with Gasteiger partial charge in [0.05, 0.1) is 12.2 Å². The van der Waals surface area contributed by atoms with Crippen molar-refractivity contribution in [3.8, 4) is 0 Å². The smallest absolute Gasteiger partial charge is 0.224 e. The van der Waals surface area contributed by atoms with Gasteiger partial charge in [-0.1, -0.05) is 30.3 Å². The van der Waals surface area contributed by atoms with Gasteiger partial charge in [-0.3, -0.25) is 4.79 Å². The second-order valence-corrected chi connectivity index (χ2v) is 4.13. The van der Waals surface area contributed by atoms with Crippen LogP contribution in [0.1, 0.15) is 12.5 Å². The van der Waals surface area contributed by atoms with Crippen molar-refractivity contribution >= 4 is 11.6 Å². The second kappa shape index (κ2) is 4.87. The molecule has 1 aromatic carbocycles. The lowest BCUT2D eigenvalue weighted by Gasteiger charge is -2.19. The second-order valence-electron chi connectivity index (χ2n) is 4.13. The molecule has 2 aromatic rings. The molecule has 1 aromatic heterocycles. The lowest BCUT2D eigenvalue weighted by atomic mass is 10.2. The molecule has 2 rings (SSSR count). The Morgan fingerprint density at radius 2 is 1.94 bits per heavy atom. The van der Waals surface area contributed by atoms with Crippen LogP contribution in [0, 0.1) is 0 Å². The first-order chi connectivity index (χ1) is 8.16. The largest absolute Gasteiger partial charge is 0.355 e. The lowest BCUT2D eigenvalue weighted by Crippen LogP contribution is -2.27. The summed E-state index contributed by atoms with van der Waals surface area (Å²) < 4.78 is 1.94. The fourth-order valence-corrected chi connectivity index (χ4v) is 1.80. The molecule has 0 atom stereocenters. The molecule has 0 saturated heterocycles. The number of nitrogens with zero attached hydrogens (tertiary/aromatic N) is 2. The van der Waals surface area contributed by atoms with Crippen molar-refractivity contribution in [2.75, 3.05) is 4.90 Å². The summed E-state index contributed by atoms with van der Waals surface area (Å²) in [5.74, 6) is 0.0556. The monoisotopic (exact) mass is 228 g/mol. The minimum atomic E-state index is 0.0556. The van der Waals surface area contributed by atoms with E-state index in [4.69, 9.17) is 0 Å². The molecule has 0 bridgehead atoms. The summed E-state index contributed by atoms with van der Waals surface area (Å²) in [4.78, 5) is 13.4. The van der Waals surface area contributed by atoms with E-state index in [-0.39, 0.29) is 5.91 Å². The minimum Gasteiger partial charge on any atom is -0.355 e. The van der Waals surface area contributed by atoms with Crippen LogP contribution in [0.15, 0.2) is 48.8 Å². The molecule has 0 aliphatic carbocycles. The van der Waals surface area contributed by atoms with Crippen molar-refractivity contribution in [1.82, 2.24) is 4.57 Å². The molecule has 3 heteroatoms. The first kappa shape index (κ1) is 11.5. The highest BCUT2D eigenvalue weighted by atomic mass is 16.2. The minimum absolute atomic E-state index is 0.0556. The third-order valence-electron chi connectivity index (χ3n) is 2.69. The van der Waals surface area contributed by atoms with E-state index in [0.29, 0.717) is 6.54 Å². The highest BCUT2D eigenvalue weighted by molar-refractivity contribution is 5.91. The molecular weight excluding hydrogens is 212 g/mol. The molecule has 17 heavy (non-hydrogen) atoms. The number of amides is 1. The zero-order valence-electron chi connectivity index (χ0n) is 10.1. The summed E-state index contributed by atoms with van der Waals surface area (Å²) >= 11 is 0. The molecule has 0 radical (unpaired) electrons. The zero-order chi connectivity index (χ0) is 12.3. The number of rotatable bonds is 3. The molecule has 0 saturated carbocycles. The molecule has 0 N–H and O–H groups in total. The van der Waals surface area contributed by atoms with Crippen molar-refractivity contribution in [3.05, 3.63) is 54.4 Å². The first-order valence-corrected chi connectivity index (χ1v) is 5.61. The van der Waals surface area contributed by atoms with Crippen molar-refractivity contribution in [2.45, 2.75) is 13.5 Å². The van der Waals surface area contributed by atoms with E-state index in [9.17, 15) is 4.79 Å². The van der Waals surface area contributed by atoms with Crippen LogP contribution in [0.5, 0.6) is 0 Å². The Hall–Kier alpha value is -2.03. The number of anilines is 1. The van der Waals surface area contributed by atoms with Crippen LogP contribution in [-0.2, 0) is 18.4 Å².